The Kier molecular flexibility index (Phi) is 3.04. The summed E-state index contributed by atoms with van der Waals surface area (Å²) in [5.74, 6) is 0. The highest BCUT2D eigenvalue weighted by Gasteiger charge is 2.10. The molecule has 0 fully saturated rings. The third-order valence-electron chi connectivity index (χ3n) is 1.26. The minimum Gasteiger partial charge on any atom is -0.136 e. The summed E-state index contributed by atoms with van der Waals surface area (Å²) < 4.78 is 2.54. The number of hydrogen-bond acceptors (Lipinski definition) is 4. The maximum atomic E-state index is 5.68. The molecule has 0 saturated heterocycles. The number of hydrogen-bond donors (Lipinski definition) is 0. The van der Waals surface area contributed by atoms with Gasteiger partial charge >= 0.3 is 0 Å². The molecule has 0 aliphatic rings. The van der Waals surface area contributed by atoms with Crippen LogP contribution in [0.2, 0.25) is 4.47 Å². The predicted molar refractivity (Wildman–Crippen MR) is 63.6 cm³/mol. The smallest absolute Gasteiger partial charge is 0.136 e. The summed E-state index contributed by atoms with van der Waals surface area (Å²) in [6.07, 6.45) is 0. The fraction of sp³-hybridized carbons (Fsp3) is 0. The summed E-state index contributed by atoms with van der Waals surface area (Å²) in [6, 6.07) is 1.99. The number of halogens is 3. The predicted octanol–water partition coefficient (Wildman–Crippen LogP) is 4.45. The van der Waals surface area contributed by atoms with Crippen molar-refractivity contribution in [1.29, 1.82) is 0 Å². The average Bonchev–Trinajstić information content (AvgIpc) is 2.61. The van der Waals surface area contributed by atoms with Crippen LogP contribution in [0, 0.1) is 0 Å². The van der Waals surface area contributed by atoms with Crippen LogP contribution in [0.15, 0.2) is 14.3 Å². The Morgan fingerprint density at radius 1 is 1.23 bits per heavy atom. The maximum Gasteiger partial charge on any atom is 0.207 e. The van der Waals surface area contributed by atoms with Crippen molar-refractivity contribution in [1.82, 2.24) is 10.2 Å². The second-order valence-corrected chi connectivity index (χ2v) is 6.88. The molecule has 0 bridgehead atoms. The van der Waals surface area contributed by atoms with E-state index in [2.05, 4.69) is 42.1 Å². The van der Waals surface area contributed by atoms with Crippen molar-refractivity contribution in [3.8, 4) is 9.88 Å². The minimum atomic E-state index is 0.468. The second kappa shape index (κ2) is 3.94. The van der Waals surface area contributed by atoms with Gasteiger partial charge in [-0.05, 0) is 49.5 Å². The topological polar surface area (TPSA) is 25.8 Å². The van der Waals surface area contributed by atoms with E-state index in [1.165, 1.54) is 11.3 Å². The normalized spacial score (nSPS) is 10.7. The molecule has 2 heterocycles. The summed E-state index contributed by atoms with van der Waals surface area (Å²) in [5, 5.41) is 8.54. The van der Waals surface area contributed by atoms with Gasteiger partial charge in [-0.1, -0.05) is 11.3 Å². The molecule has 2 aromatic rings. The molecule has 0 aliphatic carbocycles. The van der Waals surface area contributed by atoms with Crippen LogP contribution in [0.3, 0.4) is 0 Å². The number of thiophene rings is 1. The molecule has 2 nitrogen and oxygen atoms in total. The number of rotatable bonds is 1. The van der Waals surface area contributed by atoms with E-state index >= 15 is 0 Å². The zero-order chi connectivity index (χ0) is 9.42. The molecule has 0 saturated carbocycles. The highest BCUT2D eigenvalue weighted by molar-refractivity contribution is 9.13. The molecule has 13 heavy (non-hydrogen) atoms. The summed E-state index contributed by atoms with van der Waals surface area (Å²) in [7, 11) is 0. The van der Waals surface area contributed by atoms with E-state index < -0.39 is 0 Å². The van der Waals surface area contributed by atoms with Gasteiger partial charge in [0, 0.05) is 4.47 Å². The van der Waals surface area contributed by atoms with Crippen LogP contribution in [-0.2, 0) is 0 Å². The Hall–Kier alpha value is 0.510. The third kappa shape index (κ3) is 2.12. The Bertz CT molecular complexity index is 420. The molecule has 7 heteroatoms. The van der Waals surface area contributed by atoms with E-state index in [0.29, 0.717) is 4.47 Å². The Morgan fingerprint density at radius 3 is 2.46 bits per heavy atom. The van der Waals surface area contributed by atoms with Crippen molar-refractivity contribution < 1.29 is 0 Å². The molecule has 0 aromatic carbocycles. The van der Waals surface area contributed by atoms with Crippen LogP contribution in [0.4, 0.5) is 0 Å². The summed E-state index contributed by atoms with van der Waals surface area (Å²) >= 11 is 15.5. The Labute approximate surface area is 104 Å². The highest BCUT2D eigenvalue weighted by Crippen LogP contribution is 2.39. The van der Waals surface area contributed by atoms with Gasteiger partial charge in [-0.15, -0.1) is 21.5 Å². The Balaban J connectivity index is 2.46. The van der Waals surface area contributed by atoms with E-state index in [9.17, 15) is 0 Å². The van der Waals surface area contributed by atoms with E-state index in [4.69, 9.17) is 11.6 Å². The largest absolute Gasteiger partial charge is 0.207 e. The first kappa shape index (κ1) is 10.0. The first-order valence-electron chi connectivity index (χ1n) is 3.11. The van der Waals surface area contributed by atoms with Crippen LogP contribution in [0.5, 0.6) is 0 Å². The van der Waals surface area contributed by atoms with Crippen molar-refractivity contribution in [2.75, 3.05) is 0 Å². The molecule has 0 aliphatic heterocycles. The average molecular weight is 360 g/mol. The molecule has 0 atom stereocenters. The van der Waals surface area contributed by atoms with E-state index in [1.54, 1.807) is 11.3 Å². The van der Waals surface area contributed by atoms with Crippen molar-refractivity contribution in [2.45, 2.75) is 0 Å². The fourth-order valence-corrected chi connectivity index (χ4v) is 3.66. The van der Waals surface area contributed by atoms with Gasteiger partial charge in [0.05, 0.1) is 8.66 Å². The maximum absolute atomic E-state index is 5.68. The fourth-order valence-electron chi connectivity index (χ4n) is 0.757. The van der Waals surface area contributed by atoms with Gasteiger partial charge in [0.1, 0.15) is 0 Å². The van der Waals surface area contributed by atoms with Crippen molar-refractivity contribution >= 4 is 66.1 Å². The summed E-state index contributed by atoms with van der Waals surface area (Å²) in [6.45, 7) is 0. The number of aromatic nitrogens is 2. The van der Waals surface area contributed by atoms with E-state index in [1.807, 2.05) is 6.07 Å². The second-order valence-electron chi connectivity index (χ2n) is 2.09. The van der Waals surface area contributed by atoms with Crippen LogP contribution in [0.1, 0.15) is 0 Å². The van der Waals surface area contributed by atoms with Gasteiger partial charge in [-0.25, -0.2) is 0 Å². The van der Waals surface area contributed by atoms with Crippen LogP contribution in [-0.4, -0.2) is 10.2 Å². The first-order chi connectivity index (χ1) is 6.16. The molecule has 2 rings (SSSR count). The molecular formula is C6HBr2ClN2S2. The molecule has 0 spiro atoms. The third-order valence-corrected chi connectivity index (χ3v) is 5.70. The lowest BCUT2D eigenvalue weighted by Crippen LogP contribution is -1.68. The zero-order valence-corrected chi connectivity index (χ0v) is 11.5. The van der Waals surface area contributed by atoms with Gasteiger partial charge in [0.15, 0.2) is 5.01 Å². The lowest BCUT2D eigenvalue weighted by atomic mass is 10.5. The lowest BCUT2D eigenvalue weighted by molar-refractivity contribution is 1.10. The van der Waals surface area contributed by atoms with Crippen LogP contribution in [0.25, 0.3) is 9.88 Å². The molecule has 0 radical (unpaired) electrons. The summed E-state index contributed by atoms with van der Waals surface area (Å²) in [5.41, 5.74) is 0. The van der Waals surface area contributed by atoms with E-state index in [-0.39, 0.29) is 0 Å². The van der Waals surface area contributed by atoms with Gasteiger partial charge in [0.25, 0.3) is 0 Å². The molecule has 0 amide bonds. The standard InChI is InChI=1S/C6HBr2ClN2S2/c7-2-1-3(12-4(2)8)5-10-11-6(9)13-5/h1H. The van der Waals surface area contributed by atoms with Gasteiger partial charge in [-0.2, -0.15) is 0 Å². The molecule has 0 unspecified atom stereocenters. The lowest BCUT2D eigenvalue weighted by Gasteiger charge is -1.82. The first-order valence-corrected chi connectivity index (χ1v) is 6.70. The minimum absolute atomic E-state index is 0.468. The zero-order valence-electron chi connectivity index (χ0n) is 5.92. The quantitative estimate of drug-likeness (QED) is 0.751. The van der Waals surface area contributed by atoms with Gasteiger partial charge < -0.3 is 0 Å². The van der Waals surface area contributed by atoms with Gasteiger partial charge in [-0.3, -0.25) is 0 Å². The number of nitrogens with zero attached hydrogens (tertiary/aromatic N) is 2. The highest BCUT2D eigenvalue weighted by atomic mass is 79.9. The van der Waals surface area contributed by atoms with E-state index in [0.717, 1.165) is 18.1 Å². The molecule has 2 aromatic heterocycles. The van der Waals surface area contributed by atoms with Crippen LogP contribution >= 0.6 is 66.1 Å². The summed E-state index contributed by atoms with van der Waals surface area (Å²) in [4.78, 5) is 1.06. The van der Waals surface area contributed by atoms with Crippen LogP contribution < -0.4 is 0 Å². The monoisotopic (exact) mass is 358 g/mol. The molecule has 68 valence electrons. The van der Waals surface area contributed by atoms with Crippen molar-refractivity contribution in [3.63, 3.8) is 0 Å². The van der Waals surface area contributed by atoms with Crippen molar-refractivity contribution in [3.05, 3.63) is 18.8 Å². The molecular weight excluding hydrogens is 359 g/mol. The van der Waals surface area contributed by atoms with Crippen molar-refractivity contribution in [2.24, 2.45) is 0 Å². The van der Waals surface area contributed by atoms with Gasteiger partial charge in [0.2, 0.25) is 4.47 Å². The SMILES string of the molecule is Clc1nnc(-c2cc(Br)c(Br)s2)s1. The Morgan fingerprint density at radius 2 is 2.00 bits per heavy atom. The molecule has 0 N–H and O–H groups in total.